The maximum atomic E-state index is 12.6. The summed E-state index contributed by atoms with van der Waals surface area (Å²) in [6.07, 6.45) is 3.24. The molecule has 0 unspecified atom stereocenters. The molecule has 0 radical (unpaired) electrons. The Kier molecular flexibility index (Phi) is 6.55. The number of nitrogens with zero attached hydrogens (tertiary/aromatic N) is 2. The molecule has 30 heavy (non-hydrogen) atoms. The summed E-state index contributed by atoms with van der Waals surface area (Å²) in [6.45, 7) is 3.95. The van der Waals surface area contributed by atoms with Crippen molar-refractivity contribution in [2.75, 3.05) is 11.9 Å². The van der Waals surface area contributed by atoms with Gasteiger partial charge in [-0.2, -0.15) is 5.26 Å². The van der Waals surface area contributed by atoms with Crippen molar-refractivity contribution in [3.05, 3.63) is 70.4 Å². The number of halogens is 1. The van der Waals surface area contributed by atoms with E-state index < -0.39 is 5.91 Å². The highest BCUT2D eigenvalue weighted by Crippen LogP contribution is 2.25. The molecule has 0 aliphatic carbocycles. The number of anilines is 1. The van der Waals surface area contributed by atoms with Gasteiger partial charge >= 0.3 is 5.97 Å². The molecule has 0 spiro atoms. The summed E-state index contributed by atoms with van der Waals surface area (Å²) in [6, 6.07) is 14.5. The number of aromatic nitrogens is 1. The molecule has 0 fully saturated rings. The van der Waals surface area contributed by atoms with Gasteiger partial charge < -0.3 is 14.6 Å². The fraction of sp³-hybridized carbons (Fsp3) is 0.174. The van der Waals surface area contributed by atoms with Crippen LogP contribution in [0.2, 0.25) is 5.02 Å². The first kappa shape index (κ1) is 21.2. The molecule has 2 aromatic carbocycles. The zero-order valence-electron chi connectivity index (χ0n) is 16.6. The summed E-state index contributed by atoms with van der Waals surface area (Å²) < 4.78 is 6.77. The van der Waals surface area contributed by atoms with Crippen molar-refractivity contribution in [3.63, 3.8) is 0 Å². The summed E-state index contributed by atoms with van der Waals surface area (Å²) in [5.41, 5.74) is 2.79. The number of aryl methyl sites for hydroxylation is 1. The van der Waals surface area contributed by atoms with E-state index in [1.165, 1.54) is 6.08 Å². The summed E-state index contributed by atoms with van der Waals surface area (Å²) >= 11 is 6.10. The van der Waals surface area contributed by atoms with Gasteiger partial charge in [0.2, 0.25) is 0 Å². The lowest BCUT2D eigenvalue weighted by Crippen LogP contribution is -2.13. The Bertz CT molecular complexity index is 1190. The van der Waals surface area contributed by atoms with Crippen LogP contribution in [0.25, 0.3) is 17.0 Å². The van der Waals surface area contributed by atoms with E-state index in [4.69, 9.17) is 16.3 Å². The molecule has 0 aliphatic rings. The molecule has 1 aromatic heterocycles. The van der Waals surface area contributed by atoms with Gasteiger partial charge in [0.15, 0.2) is 0 Å². The lowest BCUT2D eigenvalue weighted by molar-refractivity contribution is -0.143. The quantitative estimate of drug-likeness (QED) is 0.355. The minimum atomic E-state index is -0.542. The van der Waals surface area contributed by atoms with E-state index in [0.29, 0.717) is 22.9 Å². The monoisotopic (exact) mass is 421 g/mol. The fourth-order valence-corrected chi connectivity index (χ4v) is 3.22. The number of carbonyl (C=O) groups excluding carboxylic acids is 2. The normalized spacial score (nSPS) is 11.2. The average molecular weight is 422 g/mol. The van der Waals surface area contributed by atoms with Gasteiger partial charge in [-0.1, -0.05) is 35.9 Å². The number of rotatable bonds is 6. The molecule has 1 amide bonds. The molecule has 0 aliphatic heterocycles. The third-order valence-electron chi connectivity index (χ3n) is 4.52. The van der Waals surface area contributed by atoms with Crippen LogP contribution in [0.1, 0.15) is 18.1 Å². The van der Waals surface area contributed by atoms with Crippen LogP contribution in [0.15, 0.2) is 54.2 Å². The summed E-state index contributed by atoms with van der Waals surface area (Å²) in [4.78, 5) is 24.5. The van der Waals surface area contributed by atoms with Crippen LogP contribution in [-0.4, -0.2) is 23.1 Å². The summed E-state index contributed by atoms with van der Waals surface area (Å²) in [5, 5.41) is 13.6. The third kappa shape index (κ3) is 4.70. The van der Waals surface area contributed by atoms with E-state index in [-0.39, 0.29) is 18.1 Å². The molecule has 3 aromatic rings. The second kappa shape index (κ2) is 9.29. The number of hydrogen-bond donors (Lipinski definition) is 1. The number of para-hydroxylation sites is 1. The van der Waals surface area contributed by atoms with Gasteiger partial charge in [-0.05, 0) is 43.7 Å². The number of amides is 1. The molecule has 7 heteroatoms. The number of carbonyl (C=O) groups is 2. The highest BCUT2D eigenvalue weighted by Gasteiger charge is 2.14. The average Bonchev–Trinajstić information content (AvgIpc) is 3.06. The Hall–Kier alpha value is -3.56. The molecular weight excluding hydrogens is 402 g/mol. The first-order valence-electron chi connectivity index (χ1n) is 9.35. The SMILES string of the molecule is CCOC(=O)Cn1cc(C=C(C#N)C(=O)Nc2ccc(C)c(Cl)c2)c2ccccc21. The number of fused-ring (bicyclic) bond motifs is 1. The highest BCUT2D eigenvalue weighted by atomic mass is 35.5. The zero-order chi connectivity index (χ0) is 21.7. The Labute approximate surface area is 179 Å². The number of nitriles is 1. The zero-order valence-corrected chi connectivity index (χ0v) is 17.4. The van der Waals surface area contributed by atoms with Crippen molar-refractivity contribution in [2.24, 2.45) is 0 Å². The highest BCUT2D eigenvalue weighted by molar-refractivity contribution is 6.31. The molecule has 1 N–H and O–H groups in total. The van der Waals surface area contributed by atoms with Crippen LogP contribution in [0.3, 0.4) is 0 Å². The van der Waals surface area contributed by atoms with E-state index in [1.807, 2.05) is 37.3 Å². The van der Waals surface area contributed by atoms with Crippen molar-refractivity contribution < 1.29 is 14.3 Å². The summed E-state index contributed by atoms with van der Waals surface area (Å²) in [7, 11) is 0. The minimum Gasteiger partial charge on any atom is -0.465 e. The Balaban J connectivity index is 1.93. The van der Waals surface area contributed by atoms with E-state index in [1.54, 1.807) is 35.9 Å². The second-order valence-electron chi connectivity index (χ2n) is 6.62. The van der Waals surface area contributed by atoms with Gasteiger partial charge in [0.1, 0.15) is 18.2 Å². The molecule has 6 nitrogen and oxygen atoms in total. The van der Waals surface area contributed by atoms with E-state index in [9.17, 15) is 14.9 Å². The number of ether oxygens (including phenoxy) is 1. The van der Waals surface area contributed by atoms with Crippen LogP contribution in [0.5, 0.6) is 0 Å². The van der Waals surface area contributed by atoms with Crippen LogP contribution >= 0.6 is 11.6 Å². The Morgan fingerprint density at radius 3 is 2.73 bits per heavy atom. The number of esters is 1. The molecule has 0 saturated heterocycles. The molecule has 3 rings (SSSR count). The van der Waals surface area contributed by atoms with Crippen molar-refractivity contribution in [1.82, 2.24) is 4.57 Å². The van der Waals surface area contributed by atoms with Crippen molar-refractivity contribution in [3.8, 4) is 6.07 Å². The molecule has 0 bridgehead atoms. The predicted molar refractivity (Wildman–Crippen MR) is 117 cm³/mol. The Morgan fingerprint density at radius 2 is 2.03 bits per heavy atom. The lowest BCUT2D eigenvalue weighted by atomic mass is 10.1. The predicted octanol–water partition coefficient (Wildman–Crippen LogP) is 4.71. The van der Waals surface area contributed by atoms with Gasteiger partial charge in [0.25, 0.3) is 5.91 Å². The van der Waals surface area contributed by atoms with Crippen molar-refractivity contribution in [2.45, 2.75) is 20.4 Å². The van der Waals surface area contributed by atoms with Gasteiger partial charge in [0, 0.05) is 33.4 Å². The van der Waals surface area contributed by atoms with Crippen LogP contribution in [0, 0.1) is 18.3 Å². The third-order valence-corrected chi connectivity index (χ3v) is 4.93. The largest absolute Gasteiger partial charge is 0.465 e. The van der Waals surface area contributed by atoms with Crippen LogP contribution in [0.4, 0.5) is 5.69 Å². The molecule has 0 saturated carbocycles. The molecule has 152 valence electrons. The fourth-order valence-electron chi connectivity index (χ4n) is 3.04. The number of nitrogens with one attached hydrogen (secondary N) is 1. The first-order chi connectivity index (χ1) is 14.4. The van der Waals surface area contributed by atoms with E-state index in [0.717, 1.165) is 16.5 Å². The number of hydrogen-bond acceptors (Lipinski definition) is 4. The van der Waals surface area contributed by atoms with Crippen LogP contribution in [-0.2, 0) is 20.9 Å². The summed E-state index contributed by atoms with van der Waals surface area (Å²) in [5.74, 6) is -0.900. The van der Waals surface area contributed by atoms with Gasteiger partial charge in [-0.3, -0.25) is 9.59 Å². The standard InChI is InChI=1S/C23H20ClN3O3/c1-3-30-22(28)14-27-13-17(19-6-4-5-7-21(19)27)10-16(12-25)23(29)26-18-9-8-15(2)20(24)11-18/h4-11,13H,3,14H2,1-2H3,(H,26,29). The Morgan fingerprint density at radius 1 is 1.27 bits per heavy atom. The lowest BCUT2D eigenvalue weighted by Gasteiger charge is -2.06. The van der Waals surface area contributed by atoms with Gasteiger partial charge in [-0.25, -0.2) is 0 Å². The smallest absolute Gasteiger partial charge is 0.325 e. The van der Waals surface area contributed by atoms with E-state index >= 15 is 0 Å². The van der Waals surface area contributed by atoms with Crippen LogP contribution < -0.4 is 5.32 Å². The van der Waals surface area contributed by atoms with Crippen molar-refractivity contribution in [1.29, 1.82) is 5.26 Å². The second-order valence-corrected chi connectivity index (χ2v) is 7.03. The molecule has 0 atom stereocenters. The molecular formula is C23H20ClN3O3. The topological polar surface area (TPSA) is 84.1 Å². The van der Waals surface area contributed by atoms with Crippen molar-refractivity contribution >= 4 is 46.1 Å². The maximum Gasteiger partial charge on any atom is 0.325 e. The van der Waals surface area contributed by atoms with E-state index in [2.05, 4.69) is 5.32 Å². The number of benzene rings is 2. The van der Waals surface area contributed by atoms with Gasteiger partial charge in [0.05, 0.1) is 6.61 Å². The maximum absolute atomic E-state index is 12.6. The minimum absolute atomic E-state index is 0.0398. The molecule has 1 heterocycles. The first-order valence-corrected chi connectivity index (χ1v) is 9.73. The van der Waals surface area contributed by atoms with Gasteiger partial charge in [-0.15, -0.1) is 0 Å².